The van der Waals surface area contributed by atoms with Gasteiger partial charge in [0, 0.05) is 12.6 Å². The van der Waals surface area contributed by atoms with E-state index in [1.807, 2.05) is 48.7 Å². The second-order valence-electron chi connectivity index (χ2n) is 4.86. The fraction of sp³-hybridized carbons (Fsp3) is 0.176. The summed E-state index contributed by atoms with van der Waals surface area (Å²) in [7, 11) is 1.64. The zero-order valence-electron chi connectivity index (χ0n) is 11.8. The summed E-state index contributed by atoms with van der Waals surface area (Å²) in [6.07, 6.45) is 4.68. The minimum absolute atomic E-state index is 0.118. The molecule has 0 unspecified atom stereocenters. The summed E-state index contributed by atoms with van der Waals surface area (Å²) in [6, 6.07) is 13.5. The molecule has 1 aromatic carbocycles. The van der Waals surface area contributed by atoms with Crippen molar-refractivity contribution in [3.05, 3.63) is 66.0 Å². The number of benzene rings is 1. The van der Waals surface area contributed by atoms with Gasteiger partial charge in [-0.25, -0.2) is 4.52 Å². The van der Waals surface area contributed by atoms with Crippen molar-refractivity contribution >= 4 is 11.3 Å². The van der Waals surface area contributed by atoms with E-state index in [2.05, 4.69) is 5.10 Å². The number of carbonyl (C=O) groups is 1. The summed E-state index contributed by atoms with van der Waals surface area (Å²) in [5, 5.41) is 4.20. The standard InChI is InChI=1S/C17H16N2O2/c1-21-14-8-5-13(6-9-14)7-10-17(20)15-12-18-19-11-3-2-4-16(15)19/h2-6,8-9,11-12H,7,10H2,1H3. The predicted octanol–water partition coefficient (Wildman–Crippen LogP) is 3.16. The summed E-state index contributed by atoms with van der Waals surface area (Å²) in [5.41, 5.74) is 2.67. The quantitative estimate of drug-likeness (QED) is 0.674. The number of nitrogens with zero attached hydrogens (tertiary/aromatic N) is 2. The molecule has 0 aliphatic rings. The Hall–Kier alpha value is -2.62. The number of carbonyl (C=O) groups excluding carboxylic acids is 1. The van der Waals surface area contributed by atoms with Crippen molar-refractivity contribution in [1.29, 1.82) is 0 Å². The van der Waals surface area contributed by atoms with Gasteiger partial charge in [0.15, 0.2) is 5.78 Å². The van der Waals surface area contributed by atoms with Crippen LogP contribution in [0.2, 0.25) is 0 Å². The Balaban J connectivity index is 1.71. The van der Waals surface area contributed by atoms with Crippen molar-refractivity contribution in [2.75, 3.05) is 7.11 Å². The average Bonchev–Trinajstić information content (AvgIpc) is 2.97. The molecule has 0 amide bonds. The zero-order valence-corrected chi connectivity index (χ0v) is 11.8. The number of aryl methyl sites for hydroxylation is 1. The number of methoxy groups -OCH3 is 1. The molecule has 3 rings (SSSR count). The number of rotatable bonds is 5. The van der Waals surface area contributed by atoms with Crippen LogP contribution in [0.15, 0.2) is 54.9 Å². The second kappa shape index (κ2) is 5.79. The zero-order chi connectivity index (χ0) is 14.7. The Morgan fingerprint density at radius 3 is 2.76 bits per heavy atom. The Kier molecular flexibility index (Phi) is 3.69. The third-order valence-electron chi connectivity index (χ3n) is 3.53. The fourth-order valence-electron chi connectivity index (χ4n) is 2.33. The van der Waals surface area contributed by atoms with Crippen molar-refractivity contribution in [3.63, 3.8) is 0 Å². The maximum atomic E-state index is 12.3. The highest BCUT2D eigenvalue weighted by Gasteiger charge is 2.12. The molecule has 2 heterocycles. The number of pyridine rings is 1. The number of hydrogen-bond acceptors (Lipinski definition) is 3. The lowest BCUT2D eigenvalue weighted by Crippen LogP contribution is -2.01. The lowest BCUT2D eigenvalue weighted by atomic mass is 10.0. The van der Waals surface area contributed by atoms with E-state index in [0.717, 1.165) is 16.8 Å². The van der Waals surface area contributed by atoms with Crippen LogP contribution < -0.4 is 4.74 Å². The summed E-state index contributed by atoms with van der Waals surface area (Å²) in [6.45, 7) is 0. The van der Waals surface area contributed by atoms with Gasteiger partial charge in [-0.15, -0.1) is 0 Å². The van der Waals surface area contributed by atoms with E-state index < -0.39 is 0 Å². The maximum Gasteiger partial charge on any atom is 0.167 e. The van der Waals surface area contributed by atoms with Crippen LogP contribution in [-0.2, 0) is 6.42 Å². The van der Waals surface area contributed by atoms with Crippen LogP contribution in [0.1, 0.15) is 22.3 Å². The Morgan fingerprint density at radius 2 is 2.00 bits per heavy atom. The lowest BCUT2D eigenvalue weighted by molar-refractivity contribution is 0.0984. The van der Waals surface area contributed by atoms with Crippen LogP contribution in [0.3, 0.4) is 0 Å². The minimum Gasteiger partial charge on any atom is -0.497 e. The van der Waals surface area contributed by atoms with Crippen LogP contribution in [-0.4, -0.2) is 22.5 Å². The van der Waals surface area contributed by atoms with Crippen molar-refractivity contribution in [3.8, 4) is 5.75 Å². The first kappa shape index (κ1) is 13.4. The van der Waals surface area contributed by atoms with Gasteiger partial charge in [-0.05, 0) is 36.2 Å². The molecule has 3 aromatic rings. The summed E-state index contributed by atoms with van der Waals surface area (Å²) in [4.78, 5) is 12.3. The topological polar surface area (TPSA) is 43.6 Å². The second-order valence-corrected chi connectivity index (χ2v) is 4.86. The molecular formula is C17H16N2O2. The predicted molar refractivity (Wildman–Crippen MR) is 80.8 cm³/mol. The molecule has 21 heavy (non-hydrogen) atoms. The Labute approximate surface area is 123 Å². The molecule has 0 radical (unpaired) electrons. The van der Waals surface area contributed by atoms with Gasteiger partial charge in [0.1, 0.15) is 5.75 Å². The van der Waals surface area contributed by atoms with Gasteiger partial charge >= 0.3 is 0 Å². The van der Waals surface area contributed by atoms with E-state index in [9.17, 15) is 4.79 Å². The number of ketones is 1. The molecule has 0 bridgehead atoms. The third-order valence-corrected chi connectivity index (χ3v) is 3.53. The van der Waals surface area contributed by atoms with Crippen LogP contribution in [0, 0.1) is 0 Å². The van der Waals surface area contributed by atoms with E-state index in [-0.39, 0.29) is 5.78 Å². The molecule has 0 aliphatic carbocycles. The maximum absolute atomic E-state index is 12.3. The molecule has 0 aliphatic heterocycles. The molecule has 0 fully saturated rings. The van der Waals surface area contributed by atoms with Gasteiger partial charge in [-0.3, -0.25) is 4.79 Å². The van der Waals surface area contributed by atoms with E-state index in [0.29, 0.717) is 18.4 Å². The van der Waals surface area contributed by atoms with Crippen molar-refractivity contribution in [2.24, 2.45) is 0 Å². The SMILES string of the molecule is COc1ccc(CCC(=O)c2cnn3ccccc23)cc1. The number of ether oxygens (including phenoxy) is 1. The molecule has 106 valence electrons. The molecule has 4 nitrogen and oxygen atoms in total. The number of Topliss-reactive ketones (excluding diaryl/α,β-unsaturated/α-hetero) is 1. The normalized spacial score (nSPS) is 10.7. The highest BCUT2D eigenvalue weighted by Crippen LogP contribution is 2.16. The first-order valence-corrected chi connectivity index (χ1v) is 6.86. The Morgan fingerprint density at radius 1 is 1.19 bits per heavy atom. The molecule has 0 spiro atoms. The van der Waals surface area contributed by atoms with Crippen LogP contribution in [0.4, 0.5) is 0 Å². The Bertz CT molecular complexity index is 760. The largest absolute Gasteiger partial charge is 0.497 e. The van der Waals surface area contributed by atoms with E-state index in [4.69, 9.17) is 4.74 Å². The van der Waals surface area contributed by atoms with Gasteiger partial charge in [-0.2, -0.15) is 5.10 Å². The van der Waals surface area contributed by atoms with Gasteiger partial charge < -0.3 is 4.74 Å². The summed E-state index contributed by atoms with van der Waals surface area (Å²) in [5.74, 6) is 0.944. The van der Waals surface area contributed by atoms with Crippen LogP contribution in [0.25, 0.3) is 5.52 Å². The van der Waals surface area contributed by atoms with Crippen LogP contribution in [0.5, 0.6) is 5.75 Å². The van der Waals surface area contributed by atoms with Gasteiger partial charge in [0.05, 0.1) is 24.4 Å². The van der Waals surface area contributed by atoms with Gasteiger partial charge in [0.2, 0.25) is 0 Å². The molecule has 0 atom stereocenters. The molecule has 4 heteroatoms. The smallest absolute Gasteiger partial charge is 0.167 e. The summed E-state index contributed by atoms with van der Waals surface area (Å²) < 4.78 is 6.85. The summed E-state index contributed by atoms with van der Waals surface area (Å²) >= 11 is 0. The average molecular weight is 280 g/mol. The van der Waals surface area contributed by atoms with Crippen LogP contribution >= 0.6 is 0 Å². The van der Waals surface area contributed by atoms with Gasteiger partial charge in [-0.1, -0.05) is 18.2 Å². The first-order chi connectivity index (χ1) is 10.3. The highest BCUT2D eigenvalue weighted by atomic mass is 16.5. The number of hydrogen-bond donors (Lipinski definition) is 0. The van der Waals surface area contributed by atoms with Crippen molar-refractivity contribution in [2.45, 2.75) is 12.8 Å². The molecule has 0 saturated carbocycles. The van der Waals surface area contributed by atoms with Crippen molar-refractivity contribution < 1.29 is 9.53 Å². The molecular weight excluding hydrogens is 264 g/mol. The first-order valence-electron chi connectivity index (χ1n) is 6.86. The van der Waals surface area contributed by atoms with E-state index in [1.54, 1.807) is 17.8 Å². The molecule has 0 N–H and O–H groups in total. The lowest BCUT2D eigenvalue weighted by Gasteiger charge is -2.03. The third kappa shape index (κ3) is 2.79. The number of fused-ring (bicyclic) bond motifs is 1. The monoisotopic (exact) mass is 280 g/mol. The molecule has 0 saturated heterocycles. The fourth-order valence-corrected chi connectivity index (χ4v) is 2.33. The van der Waals surface area contributed by atoms with E-state index >= 15 is 0 Å². The minimum atomic E-state index is 0.118. The van der Waals surface area contributed by atoms with E-state index in [1.165, 1.54) is 0 Å². The highest BCUT2D eigenvalue weighted by molar-refractivity contribution is 6.02. The molecule has 2 aromatic heterocycles. The number of aromatic nitrogens is 2. The van der Waals surface area contributed by atoms with Crippen molar-refractivity contribution in [1.82, 2.24) is 9.61 Å². The van der Waals surface area contributed by atoms with Gasteiger partial charge in [0.25, 0.3) is 0 Å².